The smallest absolute Gasteiger partial charge is 0.221 e. The first-order chi connectivity index (χ1) is 11.0. The number of halogens is 1. The quantitative estimate of drug-likeness (QED) is 0.756. The number of benzene rings is 2. The number of amides is 1. The van der Waals surface area contributed by atoms with Crippen molar-refractivity contribution in [2.24, 2.45) is 0 Å². The average molecular weight is 333 g/mol. The van der Waals surface area contributed by atoms with Gasteiger partial charge in [-0.1, -0.05) is 35.9 Å². The lowest BCUT2D eigenvalue weighted by Gasteiger charge is -2.18. The second kappa shape index (κ2) is 8.11. The van der Waals surface area contributed by atoms with Gasteiger partial charge in [-0.05, 0) is 42.3 Å². The summed E-state index contributed by atoms with van der Waals surface area (Å²) in [6, 6.07) is 14.9. The molecule has 2 aromatic rings. The van der Waals surface area contributed by atoms with Gasteiger partial charge in [0.1, 0.15) is 0 Å². The third-order valence-corrected chi connectivity index (χ3v) is 3.83. The van der Waals surface area contributed by atoms with Crippen molar-refractivity contribution < 1.29 is 9.90 Å². The number of aliphatic hydroxyl groups excluding tert-OH is 1. The molecule has 0 saturated carbocycles. The number of hydrogen-bond donors (Lipinski definition) is 3. The summed E-state index contributed by atoms with van der Waals surface area (Å²) in [7, 11) is 0. The van der Waals surface area contributed by atoms with Gasteiger partial charge in [-0.25, -0.2) is 0 Å². The van der Waals surface area contributed by atoms with Gasteiger partial charge in [-0.3, -0.25) is 4.79 Å². The number of rotatable bonds is 6. The van der Waals surface area contributed by atoms with Crippen molar-refractivity contribution >= 4 is 23.2 Å². The average Bonchev–Trinajstić information content (AvgIpc) is 2.52. The molecular formula is C18H21ClN2O2. The lowest BCUT2D eigenvalue weighted by atomic mass is 10.1. The van der Waals surface area contributed by atoms with Crippen LogP contribution in [0.4, 0.5) is 5.69 Å². The van der Waals surface area contributed by atoms with E-state index in [1.807, 2.05) is 43.3 Å². The second-order valence-electron chi connectivity index (χ2n) is 5.50. The normalized spacial score (nSPS) is 13.4. The topological polar surface area (TPSA) is 61.4 Å². The van der Waals surface area contributed by atoms with E-state index in [-0.39, 0.29) is 11.9 Å². The van der Waals surface area contributed by atoms with Crippen LogP contribution in [0, 0.1) is 0 Å². The predicted molar refractivity (Wildman–Crippen MR) is 93.6 cm³/mol. The molecular weight excluding hydrogens is 312 g/mol. The van der Waals surface area contributed by atoms with Crippen molar-refractivity contribution in [3.63, 3.8) is 0 Å². The van der Waals surface area contributed by atoms with Crippen LogP contribution in [0.2, 0.25) is 5.02 Å². The third kappa shape index (κ3) is 5.36. The van der Waals surface area contributed by atoms with E-state index in [0.717, 1.165) is 16.8 Å². The highest BCUT2D eigenvalue weighted by atomic mass is 35.5. The van der Waals surface area contributed by atoms with Crippen LogP contribution >= 0.6 is 11.6 Å². The van der Waals surface area contributed by atoms with Crippen molar-refractivity contribution in [1.29, 1.82) is 0 Å². The lowest BCUT2D eigenvalue weighted by Crippen LogP contribution is -2.24. The van der Waals surface area contributed by atoms with Crippen LogP contribution in [-0.4, -0.2) is 17.6 Å². The minimum Gasteiger partial charge on any atom is -0.387 e. The molecule has 2 unspecified atom stereocenters. The van der Waals surface area contributed by atoms with Crippen molar-refractivity contribution in [3.05, 3.63) is 64.7 Å². The Morgan fingerprint density at radius 2 is 1.87 bits per heavy atom. The van der Waals surface area contributed by atoms with Gasteiger partial charge >= 0.3 is 0 Å². The molecule has 1 amide bonds. The zero-order valence-corrected chi connectivity index (χ0v) is 14.0. The number of carbonyl (C=O) groups is 1. The Morgan fingerprint density at radius 1 is 1.17 bits per heavy atom. The fraction of sp³-hybridized carbons (Fsp3) is 0.278. The van der Waals surface area contributed by atoms with Gasteiger partial charge in [-0.15, -0.1) is 0 Å². The maximum Gasteiger partial charge on any atom is 0.221 e. The maximum absolute atomic E-state index is 11.1. The van der Waals surface area contributed by atoms with Gasteiger partial charge in [0.15, 0.2) is 0 Å². The summed E-state index contributed by atoms with van der Waals surface area (Å²) in [6.07, 6.45) is -0.603. The summed E-state index contributed by atoms with van der Waals surface area (Å²) in [6.45, 7) is 3.92. The van der Waals surface area contributed by atoms with Crippen LogP contribution in [0.1, 0.15) is 37.1 Å². The van der Waals surface area contributed by atoms with E-state index in [4.69, 9.17) is 11.6 Å². The zero-order chi connectivity index (χ0) is 16.8. The van der Waals surface area contributed by atoms with Gasteiger partial charge in [0.25, 0.3) is 0 Å². The molecule has 0 aliphatic rings. The molecule has 3 N–H and O–H groups in total. The number of hydrogen-bond acceptors (Lipinski definition) is 3. The van der Waals surface area contributed by atoms with Crippen molar-refractivity contribution in [2.75, 3.05) is 11.9 Å². The zero-order valence-electron chi connectivity index (χ0n) is 13.2. The third-order valence-electron chi connectivity index (χ3n) is 3.58. The number of aliphatic hydroxyl groups is 1. The fourth-order valence-electron chi connectivity index (χ4n) is 2.30. The van der Waals surface area contributed by atoms with Crippen LogP contribution in [0.25, 0.3) is 0 Å². The van der Waals surface area contributed by atoms with E-state index >= 15 is 0 Å². The van der Waals surface area contributed by atoms with Crippen LogP contribution in [0.5, 0.6) is 0 Å². The molecule has 0 radical (unpaired) electrons. The van der Waals surface area contributed by atoms with Crippen LogP contribution < -0.4 is 10.6 Å². The first-order valence-corrected chi connectivity index (χ1v) is 7.88. The second-order valence-corrected chi connectivity index (χ2v) is 5.94. The van der Waals surface area contributed by atoms with Crippen LogP contribution in [-0.2, 0) is 4.79 Å². The molecule has 2 rings (SSSR count). The highest BCUT2D eigenvalue weighted by Crippen LogP contribution is 2.20. The molecule has 0 aliphatic heterocycles. The van der Waals surface area contributed by atoms with Gasteiger partial charge < -0.3 is 15.7 Å². The van der Waals surface area contributed by atoms with Gasteiger partial charge in [0.2, 0.25) is 5.91 Å². The van der Waals surface area contributed by atoms with Gasteiger partial charge in [0, 0.05) is 30.2 Å². The van der Waals surface area contributed by atoms with Crippen LogP contribution in [0.3, 0.4) is 0 Å². The Morgan fingerprint density at radius 3 is 2.52 bits per heavy atom. The van der Waals surface area contributed by atoms with E-state index in [9.17, 15) is 9.90 Å². The summed E-state index contributed by atoms with van der Waals surface area (Å²) in [5.74, 6) is -0.0964. The van der Waals surface area contributed by atoms with Crippen LogP contribution in [0.15, 0.2) is 48.5 Å². The predicted octanol–water partition coefficient (Wildman–Crippen LogP) is 3.68. The first-order valence-electron chi connectivity index (χ1n) is 7.50. The Kier molecular flexibility index (Phi) is 6.16. The molecule has 0 aromatic heterocycles. The Labute approximate surface area is 141 Å². The summed E-state index contributed by atoms with van der Waals surface area (Å²) < 4.78 is 0. The van der Waals surface area contributed by atoms with E-state index in [1.165, 1.54) is 6.92 Å². The number of anilines is 1. The summed E-state index contributed by atoms with van der Waals surface area (Å²) in [4.78, 5) is 11.1. The molecule has 0 fully saturated rings. The first kappa shape index (κ1) is 17.5. The summed E-state index contributed by atoms with van der Waals surface area (Å²) in [5.41, 5.74) is 2.63. The maximum atomic E-state index is 11.1. The molecule has 122 valence electrons. The van der Waals surface area contributed by atoms with E-state index in [2.05, 4.69) is 10.6 Å². The standard InChI is InChI=1S/C18H21ClN2O2/c1-12(15-4-3-5-17(10-15)21-13(2)22)20-11-18(23)14-6-8-16(19)9-7-14/h3-10,12,18,20,23H,11H2,1-2H3,(H,21,22). The number of carbonyl (C=O) groups excluding carboxylic acids is 1. The van der Waals surface area contributed by atoms with E-state index in [1.54, 1.807) is 12.1 Å². The molecule has 0 spiro atoms. The van der Waals surface area contributed by atoms with Crippen molar-refractivity contribution in [3.8, 4) is 0 Å². The SMILES string of the molecule is CC(=O)Nc1cccc(C(C)NCC(O)c2ccc(Cl)cc2)c1. The highest BCUT2D eigenvalue weighted by Gasteiger charge is 2.11. The minimum absolute atomic E-state index is 0.0469. The molecule has 23 heavy (non-hydrogen) atoms. The lowest BCUT2D eigenvalue weighted by molar-refractivity contribution is -0.114. The molecule has 0 saturated heterocycles. The van der Waals surface area contributed by atoms with E-state index < -0.39 is 6.10 Å². The Bertz CT molecular complexity index is 658. The summed E-state index contributed by atoms with van der Waals surface area (Å²) in [5, 5.41) is 16.9. The molecule has 0 bridgehead atoms. The highest BCUT2D eigenvalue weighted by molar-refractivity contribution is 6.30. The monoisotopic (exact) mass is 332 g/mol. The molecule has 0 aliphatic carbocycles. The largest absolute Gasteiger partial charge is 0.387 e. The molecule has 0 heterocycles. The van der Waals surface area contributed by atoms with Gasteiger partial charge in [0.05, 0.1) is 6.10 Å². The fourth-order valence-corrected chi connectivity index (χ4v) is 2.42. The molecule has 2 atom stereocenters. The molecule has 5 heteroatoms. The molecule has 2 aromatic carbocycles. The van der Waals surface area contributed by atoms with Crippen molar-refractivity contribution in [1.82, 2.24) is 5.32 Å². The summed E-state index contributed by atoms with van der Waals surface area (Å²) >= 11 is 5.85. The Balaban J connectivity index is 1.95. The number of nitrogens with one attached hydrogen (secondary N) is 2. The van der Waals surface area contributed by atoms with Crippen molar-refractivity contribution in [2.45, 2.75) is 26.0 Å². The minimum atomic E-state index is -0.603. The van der Waals surface area contributed by atoms with Gasteiger partial charge in [-0.2, -0.15) is 0 Å². The molecule has 4 nitrogen and oxygen atoms in total. The van der Waals surface area contributed by atoms with E-state index in [0.29, 0.717) is 11.6 Å². The Hall–Kier alpha value is -1.88.